The molecule has 1 aliphatic heterocycles. The van der Waals surface area contributed by atoms with Crippen LogP contribution in [0.25, 0.3) is 0 Å². The topological polar surface area (TPSA) is 26.3 Å². The predicted molar refractivity (Wildman–Crippen MR) is 52.7 cm³/mol. The number of alkyl halides is 1. The second-order valence-electron chi connectivity index (χ2n) is 2.41. The summed E-state index contributed by atoms with van der Waals surface area (Å²) in [6.45, 7) is 1.87. The molecule has 1 aliphatic rings. The highest BCUT2D eigenvalue weighted by atomic mass is 79.9. The number of esters is 1. The fourth-order valence-corrected chi connectivity index (χ4v) is 1.94. The third-order valence-corrected chi connectivity index (χ3v) is 4.01. The van der Waals surface area contributed by atoms with Crippen LogP contribution in [0.5, 0.6) is 0 Å². The Hall–Kier alpha value is 0.235. The van der Waals surface area contributed by atoms with Crippen molar-refractivity contribution in [3.63, 3.8) is 0 Å². The lowest BCUT2D eigenvalue weighted by atomic mass is 9.95. The number of cyclic esters (lactones) is 1. The first kappa shape index (κ1) is 9.32. The lowest BCUT2D eigenvalue weighted by Gasteiger charge is -2.20. The Kier molecular flexibility index (Phi) is 2.49. The van der Waals surface area contributed by atoms with Crippen molar-refractivity contribution in [1.82, 2.24) is 0 Å². The summed E-state index contributed by atoms with van der Waals surface area (Å²) in [6, 6.07) is 0. The lowest BCUT2D eigenvalue weighted by Crippen LogP contribution is -2.22. The van der Waals surface area contributed by atoms with E-state index >= 15 is 0 Å². The quantitative estimate of drug-likeness (QED) is 0.412. The zero-order chi connectivity index (χ0) is 8.65. The predicted octanol–water partition coefficient (Wildman–Crippen LogP) is 1.35. The molecule has 0 radical (unpaired) electrons. The fraction of sp³-hybridized carbons (Fsp3) is 0.500. The average Bonchev–Trinajstić information content (AvgIpc) is 2.17. The van der Waals surface area contributed by atoms with Crippen molar-refractivity contribution in [3.8, 4) is 0 Å². The minimum atomic E-state index is -0.567. The molecule has 0 saturated carbocycles. The van der Waals surface area contributed by atoms with Gasteiger partial charge in [-0.2, -0.15) is 0 Å². The molecule has 0 aromatic rings. The molecular formula is C6H7BBr2O2. The summed E-state index contributed by atoms with van der Waals surface area (Å²) in [5.41, 5.74) is 0.907. The van der Waals surface area contributed by atoms with Crippen molar-refractivity contribution in [3.05, 3.63) is 10.1 Å². The van der Waals surface area contributed by atoms with Gasteiger partial charge in [0.25, 0.3) is 0 Å². The summed E-state index contributed by atoms with van der Waals surface area (Å²) < 4.78 is 5.05. The van der Waals surface area contributed by atoms with E-state index in [-0.39, 0.29) is 5.97 Å². The molecule has 1 atom stereocenters. The van der Waals surface area contributed by atoms with E-state index in [0.717, 1.165) is 11.9 Å². The van der Waals surface area contributed by atoms with Crippen molar-refractivity contribution in [2.45, 2.75) is 17.8 Å². The van der Waals surface area contributed by atoms with Crippen LogP contribution in [0.15, 0.2) is 10.1 Å². The van der Waals surface area contributed by atoms with Gasteiger partial charge in [-0.1, -0.05) is 0 Å². The molecule has 0 aromatic heterocycles. The van der Waals surface area contributed by atoms with Gasteiger partial charge in [-0.3, -0.25) is 0 Å². The van der Waals surface area contributed by atoms with E-state index in [9.17, 15) is 4.79 Å². The zero-order valence-electron chi connectivity index (χ0n) is 6.28. The van der Waals surface area contributed by atoms with Gasteiger partial charge in [0.2, 0.25) is 0 Å². The third-order valence-electron chi connectivity index (χ3n) is 1.78. The highest BCUT2D eigenvalue weighted by molar-refractivity contribution is 9.12. The Balaban J connectivity index is 3.03. The smallest absolute Gasteiger partial charge is 0.347 e. The van der Waals surface area contributed by atoms with Gasteiger partial charge in [0.15, 0.2) is 4.51 Å². The van der Waals surface area contributed by atoms with E-state index in [1.807, 2.05) is 14.8 Å². The standard InChI is InChI=1S/C6H7BBr2O2/c1-3-4(8)5(10)11-6(3,9)2-7/h2,7H2,1H3. The second kappa shape index (κ2) is 2.94. The molecule has 1 heterocycles. The molecule has 0 aliphatic carbocycles. The van der Waals surface area contributed by atoms with E-state index in [4.69, 9.17) is 4.74 Å². The zero-order valence-corrected chi connectivity index (χ0v) is 9.45. The summed E-state index contributed by atoms with van der Waals surface area (Å²) in [6.07, 6.45) is 0.736. The summed E-state index contributed by atoms with van der Waals surface area (Å²) >= 11 is 6.52. The summed E-state index contributed by atoms with van der Waals surface area (Å²) in [4.78, 5) is 11.0. The fourth-order valence-electron chi connectivity index (χ4n) is 0.923. The number of carbonyl (C=O) groups is 1. The van der Waals surface area contributed by atoms with Crippen LogP contribution in [0, 0.1) is 0 Å². The van der Waals surface area contributed by atoms with Crippen LogP contribution in [-0.4, -0.2) is 18.3 Å². The van der Waals surface area contributed by atoms with Crippen molar-refractivity contribution >= 4 is 45.7 Å². The van der Waals surface area contributed by atoms with E-state index in [1.165, 1.54) is 0 Å². The maximum absolute atomic E-state index is 11.0. The maximum atomic E-state index is 11.0. The number of carbonyl (C=O) groups excluding carboxylic acids is 1. The van der Waals surface area contributed by atoms with Crippen LogP contribution in [-0.2, 0) is 9.53 Å². The van der Waals surface area contributed by atoms with Gasteiger partial charge in [0.05, 0.1) is 0 Å². The van der Waals surface area contributed by atoms with Gasteiger partial charge < -0.3 is 4.74 Å². The van der Waals surface area contributed by atoms with Crippen LogP contribution < -0.4 is 0 Å². The number of halogens is 2. The van der Waals surface area contributed by atoms with Gasteiger partial charge in [-0.15, -0.1) is 0 Å². The molecule has 1 rings (SSSR count). The van der Waals surface area contributed by atoms with Crippen LogP contribution in [0.1, 0.15) is 6.92 Å². The highest BCUT2D eigenvalue weighted by Gasteiger charge is 2.40. The normalized spacial score (nSPS) is 31.0. The first-order valence-electron chi connectivity index (χ1n) is 3.30. The summed E-state index contributed by atoms with van der Waals surface area (Å²) in [7, 11) is 1.96. The van der Waals surface area contributed by atoms with Crippen molar-refractivity contribution < 1.29 is 9.53 Å². The molecule has 0 N–H and O–H groups in total. The lowest BCUT2D eigenvalue weighted by molar-refractivity contribution is -0.139. The first-order valence-corrected chi connectivity index (χ1v) is 4.89. The van der Waals surface area contributed by atoms with Gasteiger partial charge in [0, 0.05) is 5.57 Å². The van der Waals surface area contributed by atoms with E-state index in [1.54, 1.807) is 0 Å². The molecule has 0 saturated heterocycles. The van der Waals surface area contributed by atoms with Crippen LogP contribution in [0.2, 0.25) is 6.32 Å². The van der Waals surface area contributed by atoms with Crippen LogP contribution in [0.3, 0.4) is 0 Å². The van der Waals surface area contributed by atoms with Crippen molar-refractivity contribution in [2.75, 3.05) is 0 Å². The molecule has 0 spiro atoms. The molecule has 0 bridgehead atoms. The van der Waals surface area contributed by atoms with Crippen molar-refractivity contribution in [1.29, 1.82) is 0 Å². The van der Waals surface area contributed by atoms with E-state index in [0.29, 0.717) is 4.48 Å². The van der Waals surface area contributed by atoms with Crippen LogP contribution in [0.4, 0.5) is 0 Å². The number of ether oxygens (including phenoxy) is 1. The Bertz CT molecular complexity index is 239. The highest BCUT2D eigenvalue weighted by Crippen LogP contribution is 2.41. The Morgan fingerprint density at radius 1 is 1.73 bits per heavy atom. The van der Waals surface area contributed by atoms with Crippen molar-refractivity contribution in [2.24, 2.45) is 0 Å². The minimum absolute atomic E-state index is 0.291. The largest absolute Gasteiger partial charge is 0.440 e. The number of hydrogen-bond acceptors (Lipinski definition) is 2. The number of hydrogen-bond donors (Lipinski definition) is 0. The molecule has 0 fully saturated rings. The second-order valence-corrected chi connectivity index (χ2v) is 4.48. The SMILES string of the molecule is BCC1(Br)OC(=O)C(Br)=C1C. The molecular weight excluding hydrogens is 275 g/mol. The van der Waals surface area contributed by atoms with Crippen LogP contribution >= 0.6 is 31.9 Å². The average molecular weight is 282 g/mol. The minimum Gasteiger partial charge on any atom is -0.440 e. The monoisotopic (exact) mass is 280 g/mol. The molecule has 0 amide bonds. The Morgan fingerprint density at radius 2 is 2.27 bits per heavy atom. The molecule has 0 aromatic carbocycles. The van der Waals surface area contributed by atoms with E-state index < -0.39 is 4.51 Å². The van der Waals surface area contributed by atoms with Gasteiger partial charge in [-0.05, 0) is 45.1 Å². The molecule has 60 valence electrons. The Labute approximate surface area is 83.0 Å². The molecule has 1 unspecified atom stereocenters. The maximum Gasteiger partial charge on any atom is 0.347 e. The van der Waals surface area contributed by atoms with Gasteiger partial charge in [0.1, 0.15) is 12.3 Å². The third kappa shape index (κ3) is 1.40. The van der Waals surface area contributed by atoms with E-state index in [2.05, 4.69) is 31.9 Å². The van der Waals surface area contributed by atoms with Gasteiger partial charge >= 0.3 is 5.97 Å². The summed E-state index contributed by atoms with van der Waals surface area (Å²) in [5, 5.41) is 0. The molecule has 5 heteroatoms. The summed E-state index contributed by atoms with van der Waals surface area (Å²) in [5.74, 6) is -0.291. The number of rotatable bonds is 1. The molecule has 11 heavy (non-hydrogen) atoms. The Morgan fingerprint density at radius 3 is 2.45 bits per heavy atom. The first-order chi connectivity index (χ1) is 5.01. The van der Waals surface area contributed by atoms with Gasteiger partial charge in [-0.25, -0.2) is 4.79 Å². The molecule has 2 nitrogen and oxygen atoms in total.